The fourth-order valence-electron chi connectivity index (χ4n) is 1.92. The Morgan fingerprint density at radius 1 is 1.47 bits per heavy atom. The van der Waals surface area contributed by atoms with E-state index in [1.54, 1.807) is 0 Å². The molecule has 5 heteroatoms. The van der Waals surface area contributed by atoms with Crippen molar-refractivity contribution in [3.63, 3.8) is 0 Å². The molecule has 1 aliphatic rings. The summed E-state index contributed by atoms with van der Waals surface area (Å²) < 4.78 is 5.62. The highest BCUT2D eigenvalue weighted by Crippen LogP contribution is 2.30. The number of rotatable bonds is 3. The third-order valence-corrected chi connectivity index (χ3v) is 2.82. The van der Waals surface area contributed by atoms with Crippen molar-refractivity contribution in [2.45, 2.75) is 12.5 Å². The Balaban J connectivity index is 2.20. The van der Waals surface area contributed by atoms with Crippen LogP contribution in [0.5, 0.6) is 5.75 Å². The number of ether oxygens (including phenoxy) is 1. The number of benzene rings is 1. The van der Waals surface area contributed by atoms with E-state index in [2.05, 4.69) is 4.90 Å². The Bertz CT molecular complexity index is 408. The molecule has 1 amide bonds. The molecule has 17 heavy (non-hydrogen) atoms. The predicted octanol–water partition coefficient (Wildman–Crippen LogP) is 0.0881. The van der Waals surface area contributed by atoms with Crippen LogP contribution in [-0.4, -0.2) is 31.6 Å². The van der Waals surface area contributed by atoms with Gasteiger partial charge in [-0.2, -0.15) is 0 Å². The summed E-state index contributed by atoms with van der Waals surface area (Å²) in [6.07, 6.45) is 0.903. The number of amides is 1. The first-order valence-corrected chi connectivity index (χ1v) is 5.70. The van der Waals surface area contributed by atoms with Crippen LogP contribution < -0.4 is 21.1 Å². The standard InChI is InChI=1S/C12H17N3O2/c13-9(12(14)16)8-15-6-3-7-17-11-5-2-1-4-10(11)15/h1-2,4-5,9H,3,6-8,13H2,(H2,14,16). The SMILES string of the molecule is NC(=O)C(N)CN1CCCOc2ccccc21. The molecule has 4 N–H and O–H groups in total. The van der Waals surface area contributed by atoms with Gasteiger partial charge in [0.05, 0.1) is 12.3 Å². The molecule has 0 bridgehead atoms. The van der Waals surface area contributed by atoms with Crippen LogP contribution in [0.3, 0.4) is 0 Å². The topological polar surface area (TPSA) is 81.6 Å². The maximum atomic E-state index is 11.0. The van der Waals surface area contributed by atoms with E-state index in [-0.39, 0.29) is 0 Å². The zero-order valence-corrected chi connectivity index (χ0v) is 9.63. The van der Waals surface area contributed by atoms with Gasteiger partial charge >= 0.3 is 0 Å². The quantitative estimate of drug-likeness (QED) is 0.778. The number of hydrogen-bond donors (Lipinski definition) is 2. The smallest absolute Gasteiger partial charge is 0.236 e. The summed E-state index contributed by atoms with van der Waals surface area (Å²) in [6.45, 7) is 1.92. The number of carbonyl (C=O) groups is 1. The fraction of sp³-hybridized carbons (Fsp3) is 0.417. The van der Waals surface area contributed by atoms with Gasteiger partial charge in [-0.05, 0) is 18.6 Å². The molecule has 0 aromatic heterocycles. The molecule has 2 rings (SSSR count). The predicted molar refractivity (Wildman–Crippen MR) is 65.9 cm³/mol. The van der Waals surface area contributed by atoms with E-state index in [9.17, 15) is 4.79 Å². The van der Waals surface area contributed by atoms with E-state index in [4.69, 9.17) is 16.2 Å². The molecule has 0 saturated carbocycles. The first-order valence-electron chi connectivity index (χ1n) is 5.70. The molecule has 0 radical (unpaired) electrons. The highest BCUT2D eigenvalue weighted by molar-refractivity contribution is 5.80. The normalized spacial score (nSPS) is 16.6. The monoisotopic (exact) mass is 235 g/mol. The molecular weight excluding hydrogens is 218 g/mol. The summed E-state index contributed by atoms with van der Waals surface area (Å²) in [6, 6.07) is 7.10. The number of nitrogens with two attached hydrogens (primary N) is 2. The van der Waals surface area contributed by atoms with Crippen molar-refractivity contribution in [1.29, 1.82) is 0 Å². The van der Waals surface area contributed by atoms with Gasteiger partial charge in [-0.1, -0.05) is 12.1 Å². The highest BCUT2D eigenvalue weighted by atomic mass is 16.5. The average Bonchev–Trinajstić information content (AvgIpc) is 2.52. The van der Waals surface area contributed by atoms with E-state index < -0.39 is 11.9 Å². The largest absolute Gasteiger partial charge is 0.491 e. The van der Waals surface area contributed by atoms with Crippen LogP contribution in [0.15, 0.2) is 24.3 Å². The van der Waals surface area contributed by atoms with E-state index >= 15 is 0 Å². The zero-order chi connectivity index (χ0) is 12.3. The average molecular weight is 235 g/mol. The Labute approximate surface area is 100 Å². The number of carbonyl (C=O) groups excluding carboxylic acids is 1. The summed E-state index contributed by atoms with van der Waals surface area (Å²) in [5.74, 6) is 0.356. The number of para-hydroxylation sites is 2. The number of anilines is 1. The molecule has 1 atom stereocenters. The summed E-state index contributed by atoms with van der Waals surface area (Å²) in [5, 5.41) is 0. The maximum absolute atomic E-state index is 11.0. The van der Waals surface area contributed by atoms with Gasteiger partial charge in [0, 0.05) is 13.1 Å². The molecule has 0 fully saturated rings. The van der Waals surface area contributed by atoms with Crippen molar-refractivity contribution in [3.8, 4) is 5.75 Å². The van der Waals surface area contributed by atoms with Crippen LogP contribution >= 0.6 is 0 Å². The second-order valence-electron chi connectivity index (χ2n) is 4.12. The molecule has 5 nitrogen and oxygen atoms in total. The van der Waals surface area contributed by atoms with Crippen LogP contribution in [-0.2, 0) is 4.79 Å². The first kappa shape index (κ1) is 11.7. The molecule has 92 valence electrons. The number of nitrogens with zero attached hydrogens (tertiary/aromatic N) is 1. The second kappa shape index (κ2) is 5.05. The molecule has 0 saturated heterocycles. The summed E-state index contributed by atoms with van der Waals surface area (Å²) in [5.41, 5.74) is 11.9. The highest BCUT2D eigenvalue weighted by Gasteiger charge is 2.20. The van der Waals surface area contributed by atoms with Crippen LogP contribution in [0.1, 0.15) is 6.42 Å². The fourth-order valence-corrected chi connectivity index (χ4v) is 1.92. The Kier molecular flexibility index (Phi) is 3.49. The molecule has 0 spiro atoms. The van der Waals surface area contributed by atoms with Crippen LogP contribution in [0.2, 0.25) is 0 Å². The second-order valence-corrected chi connectivity index (χ2v) is 4.12. The van der Waals surface area contributed by atoms with Gasteiger partial charge in [0.15, 0.2) is 0 Å². The van der Waals surface area contributed by atoms with Crippen molar-refractivity contribution in [3.05, 3.63) is 24.3 Å². The lowest BCUT2D eigenvalue weighted by Crippen LogP contribution is -2.46. The summed E-state index contributed by atoms with van der Waals surface area (Å²) in [7, 11) is 0. The molecule has 1 aliphatic heterocycles. The van der Waals surface area contributed by atoms with Gasteiger partial charge in [-0.3, -0.25) is 4.79 Å². The van der Waals surface area contributed by atoms with Gasteiger partial charge < -0.3 is 21.1 Å². The molecular formula is C12H17N3O2. The summed E-state index contributed by atoms with van der Waals surface area (Å²) in [4.78, 5) is 13.1. The third kappa shape index (κ3) is 2.68. The van der Waals surface area contributed by atoms with Crippen molar-refractivity contribution >= 4 is 11.6 Å². The van der Waals surface area contributed by atoms with Gasteiger partial charge in [0.2, 0.25) is 5.91 Å². The molecule has 1 heterocycles. The lowest BCUT2D eigenvalue weighted by molar-refractivity contribution is -0.119. The number of fused-ring (bicyclic) bond motifs is 1. The van der Waals surface area contributed by atoms with E-state index in [1.165, 1.54) is 0 Å². The van der Waals surface area contributed by atoms with Crippen LogP contribution in [0.25, 0.3) is 0 Å². The lowest BCUT2D eigenvalue weighted by atomic mass is 10.2. The van der Waals surface area contributed by atoms with E-state index in [1.807, 2.05) is 24.3 Å². The minimum Gasteiger partial charge on any atom is -0.491 e. The van der Waals surface area contributed by atoms with Crippen LogP contribution in [0, 0.1) is 0 Å². The number of primary amides is 1. The van der Waals surface area contributed by atoms with Gasteiger partial charge in [0.25, 0.3) is 0 Å². The van der Waals surface area contributed by atoms with Crippen LogP contribution in [0.4, 0.5) is 5.69 Å². The minimum atomic E-state index is -0.652. The van der Waals surface area contributed by atoms with Gasteiger partial charge in [0.1, 0.15) is 11.8 Å². The Hall–Kier alpha value is -1.75. The van der Waals surface area contributed by atoms with Crippen molar-refractivity contribution in [1.82, 2.24) is 0 Å². The maximum Gasteiger partial charge on any atom is 0.236 e. The van der Waals surface area contributed by atoms with Crippen molar-refractivity contribution in [2.24, 2.45) is 11.5 Å². The number of hydrogen-bond acceptors (Lipinski definition) is 4. The molecule has 1 unspecified atom stereocenters. The Morgan fingerprint density at radius 3 is 3.00 bits per heavy atom. The molecule has 0 aliphatic carbocycles. The Morgan fingerprint density at radius 2 is 2.24 bits per heavy atom. The molecule has 1 aromatic rings. The van der Waals surface area contributed by atoms with Gasteiger partial charge in [-0.25, -0.2) is 0 Å². The van der Waals surface area contributed by atoms with Crippen molar-refractivity contribution in [2.75, 3.05) is 24.6 Å². The lowest BCUT2D eigenvalue weighted by Gasteiger charge is -2.25. The third-order valence-electron chi connectivity index (χ3n) is 2.82. The minimum absolute atomic E-state index is 0.426. The zero-order valence-electron chi connectivity index (χ0n) is 9.63. The summed E-state index contributed by atoms with van der Waals surface area (Å²) >= 11 is 0. The van der Waals surface area contributed by atoms with E-state index in [0.717, 1.165) is 24.4 Å². The molecule has 1 aromatic carbocycles. The first-order chi connectivity index (χ1) is 8.18. The van der Waals surface area contributed by atoms with E-state index in [0.29, 0.717) is 13.2 Å². The van der Waals surface area contributed by atoms with Gasteiger partial charge in [-0.15, -0.1) is 0 Å². The van der Waals surface area contributed by atoms with Crippen molar-refractivity contribution < 1.29 is 9.53 Å².